The highest BCUT2D eigenvalue weighted by molar-refractivity contribution is 6.32. The molecule has 1 fully saturated rings. The second kappa shape index (κ2) is 12.0. The van der Waals surface area contributed by atoms with Gasteiger partial charge >= 0.3 is 5.97 Å². The van der Waals surface area contributed by atoms with E-state index in [-0.39, 0.29) is 11.8 Å². The zero-order valence-corrected chi connectivity index (χ0v) is 21.3. The molecule has 1 aliphatic rings. The van der Waals surface area contributed by atoms with Gasteiger partial charge in [0, 0.05) is 35.7 Å². The number of aliphatic hydroxyl groups excluding tert-OH is 1. The molecule has 0 amide bonds. The lowest BCUT2D eigenvalue weighted by molar-refractivity contribution is -0.141. The van der Waals surface area contributed by atoms with E-state index in [4.69, 9.17) is 16.3 Å². The van der Waals surface area contributed by atoms with E-state index in [1.165, 1.54) is 0 Å². The Hall–Kier alpha value is -2.81. The molecule has 1 atom stereocenters. The molecule has 1 aromatic carbocycles. The highest BCUT2D eigenvalue weighted by Gasteiger charge is 2.37. The Kier molecular flexibility index (Phi) is 8.72. The molecular weight excluding hydrogens is 480 g/mol. The van der Waals surface area contributed by atoms with Crippen molar-refractivity contribution in [1.82, 2.24) is 19.9 Å². The molecule has 192 valence electrons. The minimum absolute atomic E-state index is 0.103. The van der Waals surface area contributed by atoms with Crippen LogP contribution in [0, 0.1) is 5.41 Å². The van der Waals surface area contributed by atoms with E-state index in [1.54, 1.807) is 31.9 Å². The molecule has 0 spiro atoms. The number of aryl methyl sites for hydroxylation is 1. The number of benzene rings is 1. The monoisotopic (exact) mass is 512 g/mol. The van der Waals surface area contributed by atoms with Gasteiger partial charge < -0.3 is 19.8 Å². The van der Waals surface area contributed by atoms with Gasteiger partial charge in [-0.1, -0.05) is 11.6 Å². The van der Waals surface area contributed by atoms with E-state index in [0.717, 1.165) is 61.9 Å². The molecule has 1 aliphatic heterocycles. The quantitative estimate of drug-likeness (QED) is 0.381. The summed E-state index contributed by atoms with van der Waals surface area (Å²) in [6.07, 6.45) is 10.5. The first-order valence-corrected chi connectivity index (χ1v) is 12.8. The number of aromatic nitrogens is 3. The van der Waals surface area contributed by atoms with Crippen molar-refractivity contribution in [2.75, 3.05) is 26.7 Å². The van der Waals surface area contributed by atoms with Crippen molar-refractivity contribution >= 4 is 28.5 Å². The number of halogens is 1. The van der Waals surface area contributed by atoms with Crippen LogP contribution in [0.4, 0.5) is 0 Å². The van der Waals surface area contributed by atoms with Gasteiger partial charge in [0.15, 0.2) is 0 Å². The molecule has 3 aromatic rings. The fraction of sp³-hybridized carbons (Fsp3) is 0.481. The number of pyridine rings is 1. The Morgan fingerprint density at radius 1 is 1.22 bits per heavy atom. The van der Waals surface area contributed by atoms with Crippen LogP contribution in [-0.2, 0) is 11.2 Å². The van der Waals surface area contributed by atoms with Crippen LogP contribution in [0.3, 0.4) is 0 Å². The topological polar surface area (TPSA) is 109 Å². The number of hydrogen-bond donors (Lipinski definition) is 2. The molecule has 2 aromatic heterocycles. The number of rotatable bonds is 11. The molecular formula is C27H33ClN4O4. The van der Waals surface area contributed by atoms with Gasteiger partial charge in [-0.15, -0.1) is 0 Å². The van der Waals surface area contributed by atoms with E-state index >= 15 is 0 Å². The van der Waals surface area contributed by atoms with Gasteiger partial charge in [-0.05, 0) is 81.8 Å². The average molecular weight is 513 g/mol. The van der Waals surface area contributed by atoms with E-state index in [0.29, 0.717) is 29.2 Å². The number of carboxylic acid groups (broad SMARTS) is 1. The number of aliphatic carboxylic acids is 1. The zero-order valence-electron chi connectivity index (χ0n) is 20.6. The molecule has 36 heavy (non-hydrogen) atoms. The highest BCUT2D eigenvalue weighted by Crippen LogP contribution is 2.43. The van der Waals surface area contributed by atoms with Gasteiger partial charge in [0.2, 0.25) is 0 Å². The number of hydrogen-bond acceptors (Lipinski definition) is 7. The second-order valence-corrected chi connectivity index (χ2v) is 10.1. The number of fused-ring (bicyclic) bond motifs is 1. The van der Waals surface area contributed by atoms with Crippen molar-refractivity contribution in [3.05, 3.63) is 59.3 Å². The Balaban J connectivity index is 1.39. The van der Waals surface area contributed by atoms with Gasteiger partial charge in [0.1, 0.15) is 5.75 Å². The molecule has 0 aliphatic carbocycles. The van der Waals surface area contributed by atoms with Crippen molar-refractivity contribution < 1.29 is 19.7 Å². The Bertz CT molecular complexity index is 1170. The van der Waals surface area contributed by atoms with Crippen LogP contribution in [0.5, 0.6) is 5.75 Å². The number of nitrogens with zero attached hydrogens (tertiary/aromatic N) is 4. The van der Waals surface area contributed by atoms with Crippen LogP contribution in [0.2, 0.25) is 5.02 Å². The summed E-state index contributed by atoms with van der Waals surface area (Å²) in [4.78, 5) is 27.0. The molecule has 0 saturated carbocycles. The fourth-order valence-corrected chi connectivity index (χ4v) is 5.53. The van der Waals surface area contributed by atoms with E-state index in [9.17, 15) is 15.0 Å². The predicted octanol–water partition coefficient (Wildman–Crippen LogP) is 4.69. The summed E-state index contributed by atoms with van der Waals surface area (Å²) in [5.74, 6) is -0.133. The number of ether oxygens (including phenoxy) is 1. The van der Waals surface area contributed by atoms with Gasteiger partial charge in [-0.3, -0.25) is 19.7 Å². The third-order valence-corrected chi connectivity index (χ3v) is 7.62. The third-order valence-electron chi connectivity index (χ3n) is 7.32. The highest BCUT2D eigenvalue weighted by atomic mass is 35.5. The van der Waals surface area contributed by atoms with Crippen molar-refractivity contribution in [3.8, 4) is 5.75 Å². The Labute approximate surface area is 216 Å². The van der Waals surface area contributed by atoms with Crippen LogP contribution in [0.1, 0.15) is 55.9 Å². The summed E-state index contributed by atoms with van der Waals surface area (Å²) in [5, 5.41) is 22.0. The van der Waals surface area contributed by atoms with Crippen molar-refractivity contribution in [2.45, 2.75) is 51.0 Å². The van der Waals surface area contributed by atoms with Crippen LogP contribution in [-0.4, -0.2) is 62.8 Å². The van der Waals surface area contributed by atoms with Gasteiger partial charge in [0.25, 0.3) is 0 Å². The summed E-state index contributed by atoms with van der Waals surface area (Å²) < 4.78 is 5.35. The number of carboxylic acids is 1. The lowest BCUT2D eigenvalue weighted by Gasteiger charge is -2.41. The largest absolute Gasteiger partial charge is 0.497 e. The Morgan fingerprint density at radius 3 is 2.72 bits per heavy atom. The SMILES string of the molecule is COc1ccc2ncc(Cl)c([C@H](O)CCC3(CC(=O)O)CCN(CCCc4cnccn4)CC3)c2c1. The first-order valence-electron chi connectivity index (χ1n) is 12.4. The fourth-order valence-electron chi connectivity index (χ4n) is 5.25. The maximum absolute atomic E-state index is 11.8. The summed E-state index contributed by atoms with van der Waals surface area (Å²) in [5.41, 5.74) is 1.99. The standard InChI is InChI=1S/C27H33ClN4O4/c1-36-20-4-5-23-21(15-20)26(22(28)18-31-23)24(33)6-7-27(16-25(34)35)8-13-32(14-9-27)12-2-3-19-17-29-10-11-30-19/h4-5,10-11,15,17-18,24,33H,2-3,6-9,12-14,16H2,1H3,(H,34,35)/t24-/m1/s1. The first-order chi connectivity index (χ1) is 17.4. The van der Waals surface area contributed by atoms with Gasteiger partial charge in [-0.2, -0.15) is 0 Å². The van der Waals surface area contributed by atoms with Crippen molar-refractivity contribution in [3.63, 3.8) is 0 Å². The summed E-state index contributed by atoms with van der Waals surface area (Å²) >= 11 is 6.47. The number of carbonyl (C=O) groups is 1. The number of piperidine rings is 1. The number of aliphatic hydroxyl groups is 1. The molecule has 2 N–H and O–H groups in total. The number of methoxy groups -OCH3 is 1. The molecule has 0 bridgehead atoms. The smallest absolute Gasteiger partial charge is 0.303 e. The predicted molar refractivity (Wildman–Crippen MR) is 138 cm³/mol. The summed E-state index contributed by atoms with van der Waals surface area (Å²) in [7, 11) is 1.59. The Morgan fingerprint density at radius 2 is 2.03 bits per heavy atom. The van der Waals surface area contributed by atoms with Crippen LogP contribution < -0.4 is 4.74 Å². The molecule has 3 heterocycles. The summed E-state index contributed by atoms with van der Waals surface area (Å²) in [6.45, 7) is 2.64. The molecule has 8 nitrogen and oxygen atoms in total. The van der Waals surface area contributed by atoms with Gasteiger partial charge in [0.05, 0.1) is 35.9 Å². The van der Waals surface area contributed by atoms with Crippen LogP contribution in [0.25, 0.3) is 10.9 Å². The molecule has 0 unspecified atom stereocenters. The minimum atomic E-state index is -0.828. The summed E-state index contributed by atoms with van der Waals surface area (Å²) in [6, 6.07) is 5.49. The van der Waals surface area contributed by atoms with Gasteiger partial charge in [-0.25, -0.2) is 0 Å². The second-order valence-electron chi connectivity index (χ2n) is 9.67. The lowest BCUT2D eigenvalue weighted by atomic mass is 9.71. The average Bonchev–Trinajstić information content (AvgIpc) is 2.88. The molecule has 0 radical (unpaired) electrons. The van der Waals surface area contributed by atoms with Crippen LogP contribution in [0.15, 0.2) is 43.0 Å². The molecule has 9 heteroatoms. The molecule has 1 saturated heterocycles. The molecule has 4 rings (SSSR count). The minimum Gasteiger partial charge on any atom is -0.497 e. The van der Waals surface area contributed by atoms with E-state index < -0.39 is 12.1 Å². The van der Waals surface area contributed by atoms with E-state index in [1.807, 2.05) is 18.2 Å². The normalized spacial score (nSPS) is 16.6. The maximum atomic E-state index is 11.8. The first kappa shape index (κ1) is 26.3. The van der Waals surface area contributed by atoms with Crippen LogP contribution >= 0.6 is 11.6 Å². The maximum Gasteiger partial charge on any atom is 0.303 e. The lowest BCUT2D eigenvalue weighted by Crippen LogP contribution is -2.41. The zero-order chi connectivity index (χ0) is 25.5. The third kappa shape index (κ3) is 6.49. The van der Waals surface area contributed by atoms with Crippen molar-refractivity contribution in [1.29, 1.82) is 0 Å². The van der Waals surface area contributed by atoms with Crippen molar-refractivity contribution in [2.24, 2.45) is 5.41 Å². The number of likely N-dealkylation sites (tertiary alicyclic amines) is 1. The van der Waals surface area contributed by atoms with E-state index in [2.05, 4.69) is 19.9 Å².